The third-order valence-electron chi connectivity index (χ3n) is 12.9. The van der Waals surface area contributed by atoms with E-state index in [4.69, 9.17) is 25.2 Å². The zero-order chi connectivity index (χ0) is 58.6. The number of fused-ring (bicyclic) bond motifs is 3. The minimum Gasteiger partial charge on any atom is -0.444 e. The van der Waals surface area contributed by atoms with Gasteiger partial charge in [-0.25, -0.2) is 24.4 Å². The molecule has 6 rings (SSSR count). The van der Waals surface area contributed by atoms with Crippen molar-refractivity contribution in [3.05, 3.63) is 102 Å². The van der Waals surface area contributed by atoms with Crippen molar-refractivity contribution in [3.8, 4) is 0 Å². The SMILES string of the molecule is CCCCc1nc2c(NC(=O)OCc3ccc(NC(=O)[C@H](CCCNC(N)=O)NC(=O)[C@@H](NC(=O)CCCCCN4C(=O)C=CC4=O)C(C)C)cc3)nc3ccccc3c2n1Cc1ccc(NC(=O)CCNC(=O)OC(C)(C)C)cc1. The summed E-state index contributed by atoms with van der Waals surface area (Å²) in [6, 6.07) is 18.8. The molecule has 10 amide bonds. The van der Waals surface area contributed by atoms with E-state index in [-0.39, 0.29) is 87.3 Å². The lowest BCUT2D eigenvalue weighted by Gasteiger charge is -2.25. The van der Waals surface area contributed by atoms with Crippen LogP contribution in [0.25, 0.3) is 21.9 Å². The lowest BCUT2D eigenvalue weighted by Crippen LogP contribution is -2.54. The Kier molecular flexibility index (Phi) is 22.2. The molecule has 0 saturated heterocycles. The van der Waals surface area contributed by atoms with E-state index in [0.29, 0.717) is 60.2 Å². The fourth-order valence-corrected chi connectivity index (χ4v) is 8.76. The molecule has 0 radical (unpaired) electrons. The second-order valence-corrected chi connectivity index (χ2v) is 21.0. The van der Waals surface area contributed by atoms with E-state index in [1.807, 2.05) is 48.5 Å². The largest absolute Gasteiger partial charge is 0.444 e. The second kappa shape index (κ2) is 29.4. The molecule has 3 heterocycles. The standard InChI is InChI=1S/C58H74N12O11/c1-7-8-18-44-66-50-51(70(44)34-37-20-24-39(25-21-37)62-46(72)30-32-61-56(78)81-58(4,5)6)41-15-11-12-16-42(41)64-52(50)68-57(79)80-35-38-22-26-40(27-23-38)63-53(75)43(17-14-31-60-55(59)77)65-54(76)49(36(2)3)67-45(71)19-10-9-13-33-69-47(73)28-29-48(69)74/h11-12,15-16,20-29,36,43,49H,7-10,13-14,17-19,30-35H2,1-6H3,(H,61,78)(H,62,72)(H,63,75)(H,65,76)(H,67,71)(H3,59,60,77)(H,64,68,79)/t43-,49-/m0/s1. The van der Waals surface area contributed by atoms with Crippen LogP contribution in [0.3, 0.4) is 0 Å². The van der Waals surface area contributed by atoms with Crippen LogP contribution in [0.4, 0.5) is 31.6 Å². The Morgan fingerprint density at radius 2 is 1.37 bits per heavy atom. The number of benzene rings is 3. The first-order valence-electron chi connectivity index (χ1n) is 27.3. The first-order chi connectivity index (χ1) is 38.7. The molecule has 1 aliphatic rings. The summed E-state index contributed by atoms with van der Waals surface area (Å²) in [4.78, 5) is 125. The van der Waals surface area contributed by atoms with Gasteiger partial charge in [0.05, 0.1) is 11.0 Å². The average molecular weight is 1120 g/mol. The smallest absolute Gasteiger partial charge is 0.413 e. The summed E-state index contributed by atoms with van der Waals surface area (Å²) in [5, 5.41) is 20.0. The van der Waals surface area contributed by atoms with Crippen molar-refractivity contribution in [1.82, 2.24) is 40.7 Å². The second-order valence-electron chi connectivity index (χ2n) is 21.0. The lowest BCUT2D eigenvalue weighted by atomic mass is 10.0. The van der Waals surface area contributed by atoms with E-state index >= 15 is 0 Å². The zero-order valence-corrected chi connectivity index (χ0v) is 46.8. The number of carbonyl (C=O) groups is 9. The highest BCUT2D eigenvalue weighted by molar-refractivity contribution is 6.13. The van der Waals surface area contributed by atoms with Crippen molar-refractivity contribution in [2.45, 2.75) is 137 Å². The first kappa shape index (κ1) is 61.3. The number of anilines is 3. The van der Waals surface area contributed by atoms with Crippen LogP contribution in [0, 0.1) is 5.92 Å². The molecule has 3 aromatic carbocycles. The number of hydrogen-bond donors (Lipinski definition) is 8. The molecular formula is C58H74N12O11. The minimum atomic E-state index is -1.08. The minimum absolute atomic E-state index is 0.0592. The van der Waals surface area contributed by atoms with Crippen molar-refractivity contribution in [2.24, 2.45) is 11.7 Å². The van der Waals surface area contributed by atoms with Gasteiger partial charge in [-0.3, -0.25) is 39.0 Å². The van der Waals surface area contributed by atoms with Gasteiger partial charge in [0.15, 0.2) is 5.82 Å². The normalized spacial score (nSPS) is 13.0. The Morgan fingerprint density at radius 3 is 2.04 bits per heavy atom. The molecule has 2 aromatic heterocycles. The summed E-state index contributed by atoms with van der Waals surface area (Å²) in [6.45, 7) is 11.7. The van der Waals surface area contributed by atoms with Crippen LogP contribution in [0.1, 0.15) is 116 Å². The van der Waals surface area contributed by atoms with Crippen molar-refractivity contribution < 1.29 is 52.6 Å². The molecule has 0 spiro atoms. The predicted octanol–water partition coefficient (Wildman–Crippen LogP) is 7.08. The average Bonchev–Trinajstić information content (AvgIpc) is 4.21. The number of nitrogens with one attached hydrogen (secondary N) is 7. The van der Waals surface area contributed by atoms with Crippen molar-refractivity contribution in [1.29, 1.82) is 0 Å². The summed E-state index contributed by atoms with van der Waals surface area (Å²) in [7, 11) is 0. The highest BCUT2D eigenvalue weighted by atomic mass is 16.6. The molecule has 0 aliphatic carbocycles. The van der Waals surface area contributed by atoms with Gasteiger partial charge < -0.3 is 51.7 Å². The highest BCUT2D eigenvalue weighted by Gasteiger charge is 2.30. The van der Waals surface area contributed by atoms with E-state index in [9.17, 15) is 43.2 Å². The van der Waals surface area contributed by atoms with E-state index in [1.165, 1.54) is 12.2 Å². The highest BCUT2D eigenvalue weighted by Crippen LogP contribution is 2.32. The molecule has 0 unspecified atom stereocenters. The topological polar surface area (TPSA) is 316 Å². The van der Waals surface area contributed by atoms with Crippen LogP contribution >= 0.6 is 0 Å². The third kappa shape index (κ3) is 18.9. The number of nitrogens with zero attached hydrogens (tertiary/aromatic N) is 4. The number of urea groups is 1. The van der Waals surface area contributed by atoms with Crippen LogP contribution < -0.4 is 43.0 Å². The molecule has 5 aromatic rings. The zero-order valence-electron chi connectivity index (χ0n) is 46.8. The van der Waals surface area contributed by atoms with Gasteiger partial charge in [0.1, 0.15) is 35.6 Å². The number of primary amides is 1. The summed E-state index contributed by atoms with van der Waals surface area (Å²) < 4.78 is 13.0. The van der Waals surface area contributed by atoms with Gasteiger partial charge in [0.2, 0.25) is 23.6 Å². The number of alkyl carbamates (subject to hydrolysis) is 1. The number of aryl methyl sites for hydroxylation is 1. The van der Waals surface area contributed by atoms with Gasteiger partial charge >= 0.3 is 18.2 Å². The molecule has 1 aliphatic heterocycles. The van der Waals surface area contributed by atoms with Gasteiger partial charge in [-0.1, -0.05) is 76.1 Å². The van der Waals surface area contributed by atoms with E-state index in [2.05, 4.69) is 48.7 Å². The molecule has 0 fully saturated rings. The van der Waals surface area contributed by atoms with E-state index in [1.54, 1.807) is 58.9 Å². The van der Waals surface area contributed by atoms with Gasteiger partial charge in [0.25, 0.3) is 11.8 Å². The number of ether oxygens (including phenoxy) is 2. The predicted molar refractivity (Wildman–Crippen MR) is 305 cm³/mol. The Bertz CT molecular complexity index is 3080. The Balaban J connectivity index is 1.06. The van der Waals surface area contributed by atoms with E-state index < -0.39 is 47.7 Å². The van der Waals surface area contributed by atoms with Gasteiger partial charge in [-0.15, -0.1) is 0 Å². The van der Waals surface area contributed by atoms with Crippen LogP contribution in [0.15, 0.2) is 84.9 Å². The number of rotatable bonds is 28. The lowest BCUT2D eigenvalue weighted by molar-refractivity contribution is -0.137. The number of imidazole rings is 1. The Labute approximate surface area is 470 Å². The molecule has 9 N–H and O–H groups in total. The van der Waals surface area contributed by atoms with Crippen LogP contribution in [0.2, 0.25) is 0 Å². The van der Waals surface area contributed by atoms with Crippen molar-refractivity contribution >= 4 is 92.8 Å². The Hall–Kier alpha value is -8.89. The molecule has 2 atom stereocenters. The summed E-state index contributed by atoms with van der Waals surface area (Å²) in [5.74, 6) is -1.82. The van der Waals surface area contributed by atoms with Gasteiger partial charge in [-0.2, -0.15) is 0 Å². The van der Waals surface area contributed by atoms with Crippen LogP contribution in [-0.4, -0.2) is 110 Å². The van der Waals surface area contributed by atoms with E-state index in [0.717, 1.165) is 40.0 Å². The van der Waals surface area contributed by atoms with Crippen molar-refractivity contribution in [3.63, 3.8) is 0 Å². The number of imide groups is 1. The third-order valence-corrected chi connectivity index (χ3v) is 12.9. The fraction of sp³-hybridized carbons (Fsp3) is 0.431. The molecule has 81 heavy (non-hydrogen) atoms. The number of pyridine rings is 1. The fourth-order valence-electron chi connectivity index (χ4n) is 8.76. The maximum absolute atomic E-state index is 13.8. The molecule has 432 valence electrons. The molecule has 0 saturated carbocycles. The summed E-state index contributed by atoms with van der Waals surface area (Å²) >= 11 is 0. The number of hydrogen-bond acceptors (Lipinski definition) is 13. The maximum atomic E-state index is 13.8. The van der Waals surface area contributed by atoms with Crippen LogP contribution in [-0.2, 0) is 57.8 Å². The number of aromatic nitrogens is 3. The summed E-state index contributed by atoms with van der Waals surface area (Å²) in [6.07, 6.45) is 5.64. The summed E-state index contributed by atoms with van der Waals surface area (Å²) in [5.41, 5.74) is 8.98. The molecule has 0 bridgehead atoms. The number of unbranched alkanes of at least 4 members (excludes halogenated alkanes) is 3. The molecule has 23 nitrogen and oxygen atoms in total. The molecule has 23 heteroatoms. The van der Waals surface area contributed by atoms with Crippen LogP contribution in [0.5, 0.6) is 0 Å². The van der Waals surface area contributed by atoms with Gasteiger partial charge in [-0.05, 0) is 100 Å². The number of para-hydroxylation sites is 1. The number of amides is 10. The quantitative estimate of drug-likeness (QED) is 0.0184. The number of carbonyl (C=O) groups excluding carboxylic acids is 9. The first-order valence-corrected chi connectivity index (χ1v) is 27.3. The van der Waals surface area contributed by atoms with Gasteiger partial charge in [0, 0.05) is 74.4 Å². The Morgan fingerprint density at radius 1 is 0.691 bits per heavy atom. The molecular weight excluding hydrogens is 1040 g/mol. The number of nitrogens with two attached hydrogens (primary N) is 1. The monoisotopic (exact) mass is 1110 g/mol. The maximum Gasteiger partial charge on any atom is 0.413 e. The van der Waals surface area contributed by atoms with Crippen molar-refractivity contribution in [2.75, 3.05) is 35.6 Å².